The first-order valence-corrected chi connectivity index (χ1v) is 11.5. The smallest absolute Gasteiger partial charge is 0.161 e. The summed E-state index contributed by atoms with van der Waals surface area (Å²) >= 11 is 0. The molecule has 2 aromatic rings. The van der Waals surface area contributed by atoms with Gasteiger partial charge in [-0.05, 0) is 67.0 Å². The molecule has 5 heteroatoms. The second-order valence-corrected chi connectivity index (χ2v) is 9.79. The fraction of sp³-hybridized carbons (Fsp3) is 0.423. The third-order valence-corrected chi connectivity index (χ3v) is 7.22. The second kappa shape index (κ2) is 6.84. The zero-order chi connectivity index (χ0) is 21.2. The van der Waals surface area contributed by atoms with Crippen molar-refractivity contribution in [1.29, 1.82) is 0 Å². The van der Waals surface area contributed by atoms with Gasteiger partial charge in [0.1, 0.15) is 5.67 Å². The number of hydrogen-bond donors (Lipinski definition) is 0. The Kier molecular flexibility index (Phi) is 4.17. The first-order chi connectivity index (χ1) is 15.0. The van der Waals surface area contributed by atoms with Crippen LogP contribution in [0.1, 0.15) is 45.1 Å². The van der Waals surface area contributed by atoms with E-state index in [1.54, 1.807) is 13.0 Å². The van der Waals surface area contributed by atoms with Crippen molar-refractivity contribution in [3.8, 4) is 11.5 Å². The van der Waals surface area contributed by atoms with E-state index in [2.05, 4.69) is 45.5 Å². The SMILES string of the molecule is CC1CCN(C2=CC3=C(CC2)n2ccnc2-c2cc(C4=CCC(C)(F)C=C4)cn2C3)C1. The van der Waals surface area contributed by atoms with Crippen LogP contribution in [0.2, 0.25) is 0 Å². The number of rotatable bonds is 2. The zero-order valence-corrected chi connectivity index (χ0v) is 18.3. The van der Waals surface area contributed by atoms with Gasteiger partial charge in [-0.1, -0.05) is 19.1 Å². The molecule has 1 fully saturated rings. The highest BCUT2D eigenvalue weighted by molar-refractivity contribution is 5.79. The predicted molar refractivity (Wildman–Crippen MR) is 123 cm³/mol. The van der Waals surface area contributed by atoms with Crippen LogP contribution in [0, 0.1) is 5.92 Å². The van der Waals surface area contributed by atoms with Gasteiger partial charge in [-0.25, -0.2) is 9.37 Å². The standard InChI is InChI=1S/C26H29FN4/c1-18-7-11-29(15-18)22-3-4-23-21(13-22)17-30-16-20(19-5-8-26(2,27)9-6-19)14-24(30)25-28-10-12-31(23)25/h5-6,8,10,12-14,16,18H,3-4,7,9,11,15,17H2,1-2H3. The van der Waals surface area contributed by atoms with Crippen LogP contribution >= 0.6 is 0 Å². The average molecular weight is 417 g/mol. The first kappa shape index (κ1) is 18.9. The molecule has 4 heterocycles. The van der Waals surface area contributed by atoms with Crippen molar-refractivity contribution >= 4 is 11.3 Å². The van der Waals surface area contributed by atoms with Crippen LogP contribution in [0.3, 0.4) is 0 Å². The molecule has 4 aliphatic rings. The molecule has 0 N–H and O–H groups in total. The summed E-state index contributed by atoms with van der Waals surface area (Å²) in [5.41, 5.74) is 6.35. The Morgan fingerprint density at radius 2 is 2.16 bits per heavy atom. The van der Waals surface area contributed by atoms with Gasteiger partial charge in [-0.3, -0.25) is 0 Å². The molecule has 2 aliphatic heterocycles. The number of allylic oxidation sites excluding steroid dienone is 8. The van der Waals surface area contributed by atoms with Crippen molar-refractivity contribution in [3.05, 3.63) is 65.8 Å². The molecule has 1 saturated heterocycles. The molecule has 2 unspecified atom stereocenters. The van der Waals surface area contributed by atoms with E-state index in [9.17, 15) is 4.39 Å². The Morgan fingerprint density at radius 1 is 1.26 bits per heavy atom. The Hall–Kier alpha value is -2.82. The van der Waals surface area contributed by atoms with E-state index in [4.69, 9.17) is 4.98 Å². The largest absolute Gasteiger partial charge is 0.375 e. The number of aromatic nitrogens is 3. The number of nitrogens with zero attached hydrogens (tertiary/aromatic N) is 4. The molecular weight excluding hydrogens is 387 g/mol. The van der Waals surface area contributed by atoms with Gasteiger partial charge in [0.05, 0.1) is 5.69 Å². The van der Waals surface area contributed by atoms with E-state index >= 15 is 0 Å². The minimum atomic E-state index is -1.24. The maximum Gasteiger partial charge on any atom is 0.161 e. The maximum absolute atomic E-state index is 14.2. The summed E-state index contributed by atoms with van der Waals surface area (Å²) in [6.07, 6.45) is 18.1. The molecule has 0 amide bonds. The molecule has 6 rings (SSSR count). The molecule has 2 aliphatic carbocycles. The Bertz CT molecular complexity index is 1170. The Balaban J connectivity index is 1.39. The van der Waals surface area contributed by atoms with Crippen LogP contribution in [0.15, 0.2) is 60.2 Å². The van der Waals surface area contributed by atoms with E-state index in [0.29, 0.717) is 6.42 Å². The minimum Gasteiger partial charge on any atom is -0.375 e. The third kappa shape index (κ3) is 3.22. The molecule has 2 aromatic heterocycles. The average Bonchev–Trinajstić information content (AvgIpc) is 3.46. The van der Waals surface area contributed by atoms with Crippen LogP contribution in [0.4, 0.5) is 4.39 Å². The normalized spacial score (nSPS) is 27.5. The van der Waals surface area contributed by atoms with Gasteiger partial charge in [0, 0.05) is 56.0 Å². The lowest BCUT2D eigenvalue weighted by Crippen LogP contribution is -2.22. The topological polar surface area (TPSA) is 26.0 Å². The lowest BCUT2D eigenvalue weighted by atomic mass is 9.93. The molecule has 0 saturated carbocycles. The summed E-state index contributed by atoms with van der Waals surface area (Å²) in [6, 6.07) is 2.21. The molecule has 0 radical (unpaired) electrons. The number of alkyl halides is 1. The molecule has 2 atom stereocenters. The van der Waals surface area contributed by atoms with Crippen LogP contribution < -0.4 is 0 Å². The number of fused-ring (bicyclic) bond motifs is 4. The van der Waals surface area contributed by atoms with E-state index in [0.717, 1.165) is 48.0 Å². The van der Waals surface area contributed by atoms with E-state index in [1.165, 1.54) is 36.5 Å². The summed E-state index contributed by atoms with van der Waals surface area (Å²) < 4.78 is 18.8. The fourth-order valence-corrected chi connectivity index (χ4v) is 5.43. The van der Waals surface area contributed by atoms with Gasteiger partial charge in [0.15, 0.2) is 5.82 Å². The predicted octanol–water partition coefficient (Wildman–Crippen LogP) is 5.67. The van der Waals surface area contributed by atoms with Gasteiger partial charge in [-0.15, -0.1) is 0 Å². The third-order valence-electron chi connectivity index (χ3n) is 7.22. The van der Waals surface area contributed by atoms with Crippen LogP contribution in [0.5, 0.6) is 0 Å². The number of hydrogen-bond acceptors (Lipinski definition) is 2. The Labute approximate surface area is 183 Å². The first-order valence-electron chi connectivity index (χ1n) is 11.5. The molecule has 0 bridgehead atoms. The lowest BCUT2D eigenvalue weighted by molar-refractivity contribution is 0.260. The van der Waals surface area contributed by atoms with Gasteiger partial charge in [0.25, 0.3) is 0 Å². The van der Waals surface area contributed by atoms with E-state index < -0.39 is 5.67 Å². The minimum absolute atomic E-state index is 0.420. The fourth-order valence-electron chi connectivity index (χ4n) is 5.43. The summed E-state index contributed by atoms with van der Waals surface area (Å²) in [7, 11) is 0. The van der Waals surface area contributed by atoms with Crippen molar-refractivity contribution in [2.24, 2.45) is 5.92 Å². The highest BCUT2D eigenvalue weighted by atomic mass is 19.1. The molecule has 0 aromatic carbocycles. The Morgan fingerprint density at radius 3 is 2.94 bits per heavy atom. The van der Waals surface area contributed by atoms with Gasteiger partial charge >= 0.3 is 0 Å². The number of halogens is 1. The van der Waals surface area contributed by atoms with Crippen molar-refractivity contribution in [2.45, 2.75) is 51.7 Å². The molecule has 160 valence electrons. The zero-order valence-electron chi connectivity index (χ0n) is 18.3. The summed E-state index contributed by atoms with van der Waals surface area (Å²) in [5, 5.41) is 0. The number of imidazole rings is 1. The van der Waals surface area contributed by atoms with Gasteiger partial charge in [-0.2, -0.15) is 0 Å². The maximum atomic E-state index is 14.2. The monoisotopic (exact) mass is 416 g/mol. The quantitative estimate of drug-likeness (QED) is 0.631. The van der Waals surface area contributed by atoms with Crippen molar-refractivity contribution in [1.82, 2.24) is 19.0 Å². The van der Waals surface area contributed by atoms with Gasteiger partial charge < -0.3 is 14.0 Å². The van der Waals surface area contributed by atoms with Gasteiger partial charge in [0.2, 0.25) is 0 Å². The van der Waals surface area contributed by atoms with Crippen LogP contribution in [0.25, 0.3) is 22.8 Å². The highest BCUT2D eigenvalue weighted by Crippen LogP contribution is 2.39. The van der Waals surface area contributed by atoms with E-state index in [-0.39, 0.29) is 0 Å². The van der Waals surface area contributed by atoms with Crippen molar-refractivity contribution in [3.63, 3.8) is 0 Å². The second-order valence-electron chi connectivity index (χ2n) is 9.79. The van der Waals surface area contributed by atoms with Crippen molar-refractivity contribution < 1.29 is 4.39 Å². The van der Waals surface area contributed by atoms with Crippen LogP contribution in [-0.4, -0.2) is 37.8 Å². The number of likely N-dealkylation sites (tertiary alicyclic amines) is 1. The van der Waals surface area contributed by atoms with Crippen LogP contribution in [-0.2, 0) is 6.54 Å². The summed E-state index contributed by atoms with van der Waals surface area (Å²) in [5.74, 6) is 1.78. The molecule has 4 nitrogen and oxygen atoms in total. The summed E-state index contributed by atoms with van der Waals surface area (Å²) in [4.78, 5) is 7.30. The van der Waals surface area contributed by atoms with Crippen molar-refractivity contribution in [2.75, 3.05) is 13.1 Å². The molecule has 31 heavy (non-hydrogen) atoms. The molecule has 0 spiro atoms. The lowest BCUT2D eigenvalue weighted by Gasteiger charge is -2.27. The summed E-state index contributed by atoms with van der Waals surface area (Å²) in [6.45, 7) is 7.19. The molecular formula is C26H29FN4. The highest BCUT2D eigenvalue weighted by Gasteiger charge is 2.28. The van der Waals surface area contributed by atoms with E-state index in [1.807, 2.05) is 18.3 Å².